The summed E-state index contributed by atoms with van der Waals surface area (Å²) in [6.45, 7) is 10.8. The number of nitrogens with zero attached hydrogens (tertiary/aromatic N) is 1. The second kappa shape index (κ2) is 12.5. The van der Waals surface area contributed by atoms with Crippen LogP contribution in [0.1, 0.15) is 75.7 Å². The summed E-state index contributed by atoms with van der Waals surface area (Å²) in [7, 11) is 0. The molecule has 1 aromatic heterocycles. The van der Waals surface area contributed by atoms with Crippen LogP contribution in [0.15, 0.2) is 35.2 Å². The second-order valence-corrected chi connectivity index (χ2v) is 12.1. The Kier molecular flexibility index (Phi) is 9.84. The molecule has 0 amide bonds. The van der Waals surface area contributed by atoms with Gasteiger partial charge in [-0.05, 0) is 61.8 Å². The van der Waals surface area contributed by atoms with Gasteiger partial charge in [0.05, 0.1) is 34.7 Å². The number of ether oxygens (including phenoxy) is 1. The first kappa shape index (κ1) is 29.2. The highest BCUT2D eigenvalue weighted by Crippen LogP contribution is 2.32. The maximum atomic E-state index is 13.3. The third-order valence-corrected chi connectivity index (χ3v) is 8.55. The Morgan fingerprint density at radius 3 is 2.46 bits per heavy atom. The van der Waals surface area contributed by atoms with Crippen molar-refractivity contribution < 1.29 is 24.5 Å². The molecule has 0 aliphatic carbocycles. The molecule has 7 heteroatoms. The molecule has 37 heavy (non-hydrogen) atoms. The fourth-order valence-electron chi connectivity index (χ4n) is 5.07. The number of rotatable bonds is 2. The van der Waals surface area contributed by atoms with Gasteiger partial charge in [0.2, 0.25) is 0 Å². The van der Waals surface area contributed by atoms with Crippen molar-refractivity contribution >= 4 is 29.2 Å². The van der Waals surface area contributed by atoms with Crippen LogP contribution in [-0.2, 0) is 27.2 Å². The third-order valence-electron chi connectivity index (χ3n) is 7.76. The molecule has 1 unspecified atom stereocenters. The number of aromatic nitrogens is 1. The zero-order valence-electron chi connectivity index (χ0n) is 22.9. The summed E-state index contributed by atoms with van der Waals surface area (Å²) < 4.78 is 5.96. The van der Waals surface area contributed by atoms with E-state index in [4.69, 9.17) is 4.74 Å². The maximum Gasteiger partial charge on any atom is 0.309 e. The van der Waals surface area contributed by atoms with Crippen molar-refractivity contribution in [3.63, 3.8) is 0 Å². The zero-order chi connectivity index (χ0) is 27.3. The summed E-state index contributed by atoms with van der Waals surface area (Å²) in [6.07, 6.45) is 2.01. The molecule has 0 saturated heterocycles. The van der Waals surface area contributed by atoms with Crippen molar-refractivity contribution in [3.8, 4) is 0 Å². The van der Waals surface area contributed by atoms with Gasteiger partial charge in [-0.3, -0.25) is 9.59 Å². The molecule has 0 radical (unpaired) electrons. The molecular formula is C30H41NO5S. The molecule has 1 aliphatic heterocycles. The molecule has 5 atom stereocenters. The first-order valence-corrected chi connectivity index (χ1v) is 14.0. The lowest BCUT2D eigenvalue weighted by Crippen LogP contribution is -2.45. The van der Waals surface area contributed by atoms with Crippen LogP contribution in [0.25, 0.3) is 6.08 Å². The quantitative estimate of drug-likeness (QED) is 0.513. The highest BCUT2D eigenvalue weighted by atomic mass is 32.1. The number of aliphatic hydroxyl groups is 2. The number of hydrogen-bond donors (Lipinski definition) is 2. The Morgan fingerprint density at radius 1 is 1.14 bits per heavy atom. The maximum absolute atomic E-state index is 13.3. The molecule has 1 aromatic carbocycles. The summed E-state index contributed by atoms with van der Waals surface area (Å²) in [6, 6.07) is 8.16. The molecule has 0 bridgehead atoms. The summed E-state index contributed by atoms with van der Waals surface area (Å²) in [5.41, 5.74) is 2.77. The molecular weight excluding hydrogens is 486 g/mol. The fourth-order valence-corrected chi connectivity index (χ4v) is 5.64. The van der Waals surface area contributed by atoms with E-state index < -0.39 is 35.6 Å². The van der Waals surface area contributed by atoms with E-state index in [9.17, 15) is 19.8 Å². The van der Waals surface area contributed by atoms with E-state index in [2.05, 4.69) is 17.1 Å². The Balaban J connectivity index is 1.97. The number of carbonyl (C=O) groups is 2. The van der Waals surface area contributed by atoms with Gasteiger partial charge in [-0.15, -0.1) is 11.3 Å². The number of Topliss-reactive ketones (excluding diaryl/α,β-unsaturated/α-hetero) is 1. The van der Waals surface area contributed by atoms with E-state index in [1.54, 1.807) is 32.1 Å². The lowest BCUT2D eigenvalue weighted by atomic mass is 9.73. The normalized spacial score (nSPS) is 28.4. The van der Waals surface area contributed by atoms with Gasteiger partial charge in [-0.1, -0.05) is 52.0 Å². The number of hydrogen-bond acceptors (Lipinski definition) is 7. The van der Waals surface area contributed by atoms with Gasteiger partial charge in [0.1, 0.15) is 11.9 Å². The number of cyclic esters (lactones) is 1. The van der Waals surface area contributed by atoms with Gasteiger partial charge in [0.25, 0.3) is 0 Å². The Morgan fingerprint density at radius 2 is 1.81 bits per heavy atom. The predicted molar refractivity (Wildman–Crippen MR) is 147 cm³/mol. The molecule has 0 saturated carbocycles. The van der Waals surface area contributed by atoms with Crippen LogP contribution in [0.3, 0.4) is 0 Å². The third kappa shape index (κ3) is 7.37. The summed E-state index contributed by atoms with van der Waals surface area (Å²) in [5, 5.41) is 24.8. The molecule has 2 N–H and O–H groups in total. The molecule has 3 rings (SSSR count). The molecule has 2 heterocycles. The van der Waals surface area contributed by atoms with Crippen molar-refractivity contribution in [3.05, 3.63) is 57.0 Å². The van der Waals surface area contributed by atoms with Crippen LogP contribution in [-0.4, -0.2) is 45.3 Å². The molecule has 6 nitrogen and oxygen atoms in total. The number of benzene rings is 1. The minimum absolute atomic E-state index is 0.0728. The number of carbonyl (C=O) groups excluding carboxylic acids is 2. The SMILES string of the molecule is C/C(=C\c1csc(C)n1)[C@@H]1Cc2ccccc2CCC[C@H](C)C(O)[C@@H](C)C(=O)C(C)(C)[C@@H](O)CC(=O)O1. The Hall–Kier alpha value is -2.35. The number of ketones is 1. The summed E-state index contributed by atoms with van der Waals surface area (Å²) in [4.78, 5) is 30.9. The molecule has 1 aliphatic rings. The van der Waals surface area contributed by atoms with E-state index in [1.165, 1.54) is 5.56 Å². The Labute approximate surface area is 224 Å². The summed E-state index contributed by atoms with van der Waals surface area (Å²) >= 11 is 1.56. The van der Waals surface area contributed by atoms with Crippen molar-refractivity contribution in [1.29, 1.82) is 0 Å². The van der Waals surface area contributed by atoms with Crippen LogP contribution in [0.4, 0.5) is 0 Å². The van der Waals surface area contributed by atoms with E-state index in [1.807, 2.05) is 44.4 Å². The molecule has 0 spiro atoms. The van der Waals surface area contributed by atoms with Crippen LogP contribution in [0.2, 0.25) is 0 Å². The van der Waals surface area contributed by atoms with E-state index in [0.717, 1.165) is 41.1 Å². The van der Waals surface area contributed by atoms with Crippen molar-refractivity contribution in [2.75, 3.05) is 0 Å². The largest absolute Gasteiger partial charge is 0.457 e. The van der Waals surface area contributed by atoms with Crippen molar-refractivity contribution in [1.82, 2.24) is 4.98 Å². The molecule has 0 fully saturated rings. The van der Waals surface area contributed by atoms with Gasteiger partial charge in [0.15, 0.2) is 0 Å². The zero-order valence-corrected chi connectivity index (χ0v) is 23.7. The number of aliphatic hydroxyl groups excluding tert-OH is 2. The average molecular weight is 528 g/mol. The first-order chi connectivity index (χ1) is 17.4. The van der Waals surface area contributed by atoms with E-state index in [0.29, 0.717) is 6.42 Å². The topological polar surface area (TPSA) is 96.7 Å². The lowest BCUT2D eigenvalue weighted by molar-refractivity contribution is -0.154. The van der Waals surface area contributed by atoms with Crippen LogP contribution in [0, 0.1) is 24.2 Å². The van der Waals surface area contributed by atoms with Gasteiger partial charge < -0.3 is 14.9 Å². The van der Waals surface area contributed by atoms with Crippen LogP contribution in [0.5, 0.6) is 0 Å². The van der Waals surface area contributed by atoms with Gasteiger partial charge in [-0.2, -0.15) is 0 Å². The van der Waals surface area contributed by atoms with Crippen molar-refractivity contribution in [2.45, 2.75) is 92.0 Å². The second-order valence-electron chi connectivity index (χ2n) is 11.1. The fraction of sp³-hybridized carbons (Fsp3) is 0.567. The van der Waals surface area contributed by atoms with Crippen molar-refractivity contribution in [2.24, 2.45) is 17.3 Å². The molecule has 2 aromatic rings. The first-order valence-electron chi connectivity index (χ1n) is 13.2. The van der Waals surface area contributed by atoms with Crippen LogP contribution < -0.4 is 0 Å². The van der Waals surface area contributed by atoms with Gasteiger partial charge in [-0.25, -0.2) is 4.98 Å². The lowest BCUT2D eigenvalue weighted by Gasteiger charge is -2.34. The highest BCUT2D eigenvalue weighted by molar-refractivity contribution is 7.09. The van der Waals surface area contributed by atoms with Gasteiger partial charge in [0, 0.05) is 17.7 Å². The standard InChI is InChI=1S/C30H41NO5S/c1-18-10-9-13-22-11-7-8-12-23(22)15-25(19(2)14-24-17-37-21(4)31-24)36-27(33)16-26(32)30(5,6)29(35)20(3)28(18)34/h7-8,11-12,14,17-18,20,25-26,28,32,34H,9-10,13,15-16H2,1-6H3/b19-14+/t18-,20+,25-,26-,28?/m0/s1. The monoisotopic (exact) mass is 527 g/mol. The smallest absolute Gasteiger partial charge is 0.309 e. The Bertz CT molecular complexity index is 1120. The van der Waals surface area contributed by atoms with Gasteiger partial charge >= 0.3 is 5.97 Å². The average Bonchev–Trinajstić information content (AvgIpc) is 3.26. The minimum Gasteiger partial charge on any atom is -0.457 e. The molecule has 202 valence electrons. The predicted octanol–water partition coefficient (Wildman–Crippen LogP) is 5.33. The van der Waals surface area contributed by atoms with E-state index in [-0.39, 0.29) is 18.1 Å². The number of aryl methyl sites for hydroxylation is 2. The number of thiazole rings is 1. The summed E-state index contributed by atoms with van der Waals surface area (Å²) in [5.74, 6) is -1.55. The van der Waals surface area contributed by atoms with Crippen LogP contribution >= 0.6 is 11.3 Å². The number of esters is 1. The highest BCUT2D eigenvalue weighted by Gasteiger charge is 2.42. The van der Waals surface area contributed by atoms with E-state index >= 15 is 0 Å². The number of fused-ring (bicyclic) bond motifs is 1. The minimum atomic E-state index is -1.23.